The Morgan fingerprint density at radius 3 is 2.65 bits per heavy atom. The van der Waals surface area contributed by atoms with Gasteiger partial charge < -0.3 is 5.32 Å². The van der Waals surface area contributed by atoms with Crippen LogP contribution in [0.25, 0.3) is 0 Å². The zero-order valence-electron chi connectivity index (χ0n) is 10.00. The third kappa shape index (κ3) is 3.56. The number of halogens is 1. The SMILES string of the molecule is Cc1cc(Br)cc(NCc2ccc(C)nc2)c1. The monoisotopic (exact) mass is 290 g/mol. The van der Waals surface area contributed by atoms with E-state index in [-0.39, 0.29) is 0 Å². The van der Waals surface area contributed by atoms with Gasteiger partial charge in [-0.3, -0.25) is 4.98 Å². The quantitative estimate of drug-likeness (QED) is 0.922. The van der Waals surface area contributed by atoms with Crippen LogP contribution in [-0.2, 0) is 6.54 Å². The van der Waals surface area contributed by atoms with Crippen LogP contribution in [0.2, 0.25) is 0 Å². The van der Waals surface area contributed by atoms with Crippen molar-refractivity contribution in [1.82, 2.24) is 4.98 Å². The van der Waals surface area contributed by atoms with Crippen LogP contribution in [0.4, 0.5) is 5.69 Å². The first-order valence-electron chi connectivity index (χ1n) is 5.56. The fourth-order valence-corrected chi connectivity index (χ4v) is 2.25. The van der Waals surface area contributed by atoms with Gasteiger partial charge in [-0.25, -0.2) is 0 Å². The predicted molar refractivity (Wildman–Crippen MR) is 75.2 cm³/mol. The van der Waals surface area contributed by atoms with Crippen molar-refractivity contribution in [3.05, 3.63) is 57.8 Å². The fourth-order valence-electron chi connectivity index (χ4n) is 1.65. The van der Waals surface area contributed by atoms with Crippen molar-refractivity contribution in [1.29, 1.82) is 0 Å². The Kier molecular flexibility index (Phi) is 3.79. The first-order valence-corrected chi connectivity index (χ1v) is 6.35. The molecule has 0 spiro atoms. The summed E-state index contributed by atoms with van der Waals surface area (Å²) in [6.45, 7) is 4.88. The van der Waals surface area contributed by atoms with E-state index in [4.69, 9.17) is 0 Å². The smallest absolute Gasteiger partial charge is 0.0416 e. The molecule has 2 nitrogen and oxygen atoms in total. The van der Waals surface area contributed by atoms with Gasteiger partial charge >= 0.3 is 0 Å². The molecule has 0 aliphatic rings. The maximum absolute atomic E-state index is 4.28. The van der Waals surface area contributed by atoms with Crippen LogP contribution in [0, 0.1) is 13.8 Å². The average Bonchev–Trinajstić information content (AvgIpc) is 2.27. The van der Waals surface area contributed by atoms with E-state index in [0.29, 0.717) is 0 Å². The predicted octanol–water partition coefficient (Wildman–Crippen LogP) is 4.07. The van der Waals surface area contributed by atoms with Crippen molar-refractivity contribution in [3.63, 3.8) is 0 Å². The van der Waals surface area contributed by atoms with Crippen LogP contribution >= 0.6 is 15.9 Å². The molecule has 0 amide bonds. The molecule has 88 valence electrons. The zero-order chi connectivity index (χ0) is 12.3. The molecule has 1 aromatic carbocycles. The molecule has 1 aromatic heterocycles. The van der Waals surface area contributed by atoms with Crippen LogP contribution < -0.4 is 5.32 Å². The highest BCUT2D eigenvalue weighted by Gasteiger charge is 1.97. The minimum atomic E-state index is 0.795. The molecular formula is C14H15BrN2. The van der Waals surface area contributed by atoms with Crippen molar-refractivity contribution >= 4 is 21.6 Å². The number of rotatable bonds is 3. The van der Waals surface area contributed by atoms with E-state index in [2.05, 4.69) is 57.4 Å². The van der Waals surface area contributed by atoms with E-state index in [0.717, 1.165) is 22.4 Å². The van der Waals surface area contributed by atoms with E-state index in [1.807, 2.05) is 19.2 Å². The van der Waals surface area contributed by atoms with Crippen LogP contribution in [-0.4, -0.2) is 4.98 Å². The zero-order valence-corrected chi connectivity index (χ0v) is 11.6. The average molecular weight is 291 g/mol. The van der Waals surface area contributed by atoms with Crippen molar-refractivity contribution in [2.24, 2.45) is 0 Å². The van der Waals surface area contributed by atoms with Gasteiger partial charge in [0, 0.05) is 28.6 Å². The lowest BCUT2D eigenvalue weighted by molar-refractivity contribution is 1.08. The Hall–Kier alpha value is -1.35. The van der Waals surface area contributed by atoms with Gasteiger partial charge in [-0.1, -0.05) is 22.0 Å². The van der Waals surface area contributed by atoms with Crippen molar-refractivity contribution < 1.29 is 0 Å². The molecular weight excluding hydrogens is 276 g/mol. The summed E-state index contributed by atoms with van der Waals surface area (Å²) in [5.41, 5.74) is 4.60. The molecule has 3 heteroatoms. The number of aromatic nitrogens is 1. The van der Waals surface area contributed by atoms with Gasteiger partial charge in [0.25, 0.3) is 0 Å². The molecule has 0 saturated heterocycles. The number of benzene rings is 1. The molecule has 0 unspecified atom stereocenters. The molecule has 0 radical (unpaired) electrons. The summed E-state index contributed by atoms with van der Waals surface area (Å²) in [7, 11) is 0. The molecule has 2 aromatic rings. The Balaban J connectivity index is 2.04. The minimum Gasteiger partial charge on any atom is -0.381 e. The lowest BCUT2D eigenvalue weighted by atomic mass is 10.2. The third-order valence-corrected chi connectivity index (χ3v) is 2.97. The molecule has 1 heterocycles. The summed E-state index contributed by atoms with van der Waals surface area (Å²) in [6, 6.07) is 10.4. The highest BCUT2D eigenvalue weighted by Crippen LogP contribution is 2.19. The van der Waals surface area contributed by atoms with E-state index >= 15 is 0 Å². The summed E-state index contributed by atoms with van der Waals surface area (Å²) in [6.07, 6.45) is 1.91. The summed E-state index contributed by atoms with van der Waals surface area (Å²) < 4.78 is 1.10. The van der Waals surface area contributed by atoms with Crippen molar-refractivity contribution in [3.8, 4) is 0 Å². The highest BCUT2D eigenvalue weighted by atomic mass is 79.9. The Labute approximate surface area is 110 Å². The number of hydrogen-bond acceptors (Lipinski definition) is 2. The lowest BCUT2D eigenvalue weighted by Crippen LogP contribution is -2.00. The normalized spacial score (nSPS) is 10.3. The molecule has 0 atom stereocenters. The van der Waals surface area contributed by atoms with Crippen LogP contribution in [0.1, 0.15) is 16.8 Å². The molecule has 0 saturated carbocycles. The second kappa shape index (κ2) is 5.32. The maximum atomic E-state index is 4.28. The number of anilines is 1. The molecule has 0 bridgehead atoms. The molecule has 1 N–H and O–H groups in total. The van der Waals surface area contributed by atoms with E-state index < -0.39 is 0 Å². The van der Waals surface area contributed by atoms with Gasteiger partial charge in [0.2, 0.25) is 0 Å². The largest absolute Gasteiger partial charge is 0.381 e. The summed E-state index contributed by atoms with van der Waals surface area (Å²) in [5.74, 6) is 0. The summed E-state index contributed by atoms with van der Waals surface area (Å²) >= 11 is 3.50. The van der Waals surface area contributed by atoms with Gasteiger partial charge in [0.15, 0.2) is 0 Å². The van der Waals surface area contributed by atoms with Gasteiger partial charge in [0.1, 0.15) is 0 Å². The number of nitrogens with one attached hydrogen (secondary N) is 1. The first kappa shape index (κ1) is 12.1. The molecule has 0 fully saturated rings. The van der Waals surface area contributed by atoms with Crippen molar-refractivity contribution in [2.45, 2.75) is 20.4 Å². The Bertz CT molecular complexity index is 486. The second-order valence-electron chi connectivity index (χ2n) is 4.18. The number of nitrogens with zero attached hydrogens (tertiary/aromatic N) is 1. The molecule has 0 aliphatic carbocycles. The van der Waals surface area contributed by atoms with Gasteiger partial charge in [-0.2, -0.15) is 0 Å². The highest BCUT2D eigenvalue weighted by molar-refractivity contribution is 9.10. The number of pyridine rings is 1. The topological polar surface area (TPSA) is 24.9 Å². The number of aryl methyl sites for hydroxylation is 2. The third-order valence-electron chi connectivity index (χ3n) is 2.51. The fraction of sp³-hybridized carbons (Fsp3) is 0.214. The maximum Gasteiger partial charge on any atom is 0.0416 e. The van der Waals surface area contributed by atoms with Crippen molar-refractivity contribution in [2.75, 3.05) is 5.32 Å². The van der Waals surface area contributed by atoms with Gasteiger partial charge in [-0.15, -0.1) is 0 Å². The van der Waals surface area contributed by atoms with E-state index in [1.54, 1.807) is 0 Å². The van der Waals surface area contributed by atoms with Gasteiger partial charge in [0.05, 0.1) is 0 Å². The standard InChI is InChI=1S/C14H15BrN2/c1-10-5-13(15)7-14(6-10)17-9-12-4-3-11(2)16-8-12/h3-8,17H,9H2,1-2H3. The summed E-state index contributed by atoms with van der Waals surface area (Å²) in [4.78, 5) is 4.28. The molecule has 2 rings (SSSR count). The van der Waals surface area contributed by atoms with Gasteiger partial charge in [-0.05, 0) is 49.2 Å². The second-order valence-corrected chi connectivity index (χ2v) is 5.09. The summed E-state index contributed by atoms with van der Waals surface area (Å²) in [5, 5.41) is 3.39. The minimum absolute atomic E-state index is 0.795. The van der Waals surface area contributed by atoms with Crippen LogP contribution in [0.3, 0.4) is 0 Å². The van der Waals surface area contributed by atoms with E-state index in [1.165, 1.54) is 11.1 Å². The van der Waals surface area contributed by atoms with Crippen LogP contribution in [0.15, 0.2) is 41.0 Å². The lowest BCUT2D eigenvalue weighted by Gasteiger charge is -2.08. The van der Waals surface area contributed by atoms with Crippen LogP contribution in [0.5, 0.6) is 0 Å². The Morgan fingerprint density at radius 2 is 2.00 bits per heavy atom. The first-order chi connectivity index (χ1) is 8.13. The number of hydrogen-bond donors (Lipinski definition) is 1. The van der Waals surface area contributed by atoms with E-state index in [9.17, 15) is 0 Å². The molecule has 0 aliphatic heterocycles. The Morgan fingerprint density at radius 1 is 1.18 bits per heavy atom. The molecule has 17 heavy (non-hydrogen) atoms.